The number of aromatic nitrogens is 3. The number of rotatable bonds is 5. The van der Waals surface area contributed by atoms with Crippen LogP contribution in [0.25, 0.3) is 11.5 Å². The van der Waals surface area contributed by atoms with Gasteiger partial charge in [-0.1, -0.05) is 13.8 Å². The zero-order chi connectivity index (χ0) is 15.5. The van der Waals surface area contributed by atoms with Gasteiger partial charge in [-0.25, -0.2) is 9.97 Å². The molecular weight excluding hydrogens is 276 g/mol. The molecule has 0 atom stereocenters. The number of hydrogen-bond donors (Lipinski definition) is 1. The van der Waals surface area contributed by atoms with Gasteiger partial charge < -0.3 is 14.3 Å². The Morgan fingerprint density at radius 2 is 1.95 bits per heavy atom. The second kappa shape index (κ2) is 6.05. The van der Waals surface area contributed by atoms with Crippen molar-refractivity contribution in [1.82, 2.24) is 14.5 Å². The molecule has 0 bridgehead atoms. The van der Waals surface area contributed by atoms with Crippen LogP contribution in [-0.4, -0.2) is 14.5 Å². The van der Waals surface area contributed by atoms with E-state index in [1.54, 1.807) is 12.4 Å². The molecule has 5 heteroatoms. The molecule has 0 saturated carbocycles. The number of benzene rings is 1. The van der Waals surface area contributed by atoms with Crippen molar-refractivity contribution in [3.05, 3.63) is 54.4 Å². The van der Waals surface area contributed by atoms with Gasteiger partial charge in [0.05, 0.1) is 12.7 Å². The Kier molecular flexibility index (Phi) is 3.96. The third kappa shape index (κ3) is 3.03. The highest BCUT2D eigenvalue weighted by molar-refractivity contribution is 5.58. The second-order valence-electron chi connectivity index (χ2n) is 5.61. The standard InChI is InChI=1S/C17H20N4O/c1-12(2)15-10-20-17(22-15)13-4-6-14(7-5-13)19-11-16-18-8-9-21(16)3/h4-10,12,19H,11H2,1-3H3. The van der Waals surface area contributed by atoms with E-state index in [1.807, 2.05) is 42.1 Å². The van der Waals surface area contributed by atoms with Crippen LogP contribution < -0.4 is 5.32 Å². The van der Waals surface area contributed by atoms with E-state index in [1.165, 1.54) is 0 Å². The molecule has 0 aliphatic heterocycles. The van der Waals surface area contributed by atoms with E-state index in [0.29, 0.717) is 18.4 Å². The van der Waals surface area contributed by atoms with Crippen LogP contribution in [0.1, 0.15) is 31.4 Å². The maximum atomic E-state index is 5.76. The van der Waals surface area contributed by atoms with Gasteiger partial charge in [-0.3, -0.25) is 0 Å². The van der Waals surface area contributed by atoms with Crippen molar-refractivity contribution in [3.8, 4) is 11.5 Å². The number of imidazole rings is 1. The normalized spacial score (nSPS) is 11.1. The van der Waals surface area contributed by atoms with Crippen molar-refractivity contribution in [3.63, 3.8) is 0 Å². The Morgan fingerprint density at radius 1 is 1.18 bits per heavy atom. The number of nitrogens with zero attached hydrogens (tertiary/aromatic N) is 3. The van der Waals surface area contributed by atoms with Gasteiger partial charge in [0.2, 0.25) is 5.89 Å². The third-order valence-corrected chi connectivity index (χ3v) is 3.60. The predicted molar refractivity (Wildman–Crippen MR) is 86.6 cm³/mol. The molecule has 3 aromatic rings. The number of oxazole rings is 1. The summed E-state index contributed by atoms with van der Waals surface area (Å²) >= 11 is 0. The average Bonchev–Trinajstić information content (AvgIpc) is 3.15. The lowest BCUT2D eigenvalue weighted by molar-refractivity contribution is 0.495. The van der Waals surface area contributed by atoms with Crippen molar-refractivity contribution in [2.75, 3.05) is 5.32 Å². The average molecular weight is 296 g/mol. The summed E-state index contributed by atoms with van der Waals surface area (Å²) in [6.07, 6.45) is 5.54. The van der Waals surface area contributed by atoms with Crippen molar-refractivity contribution < 1.29 is 4.42 Å². The Morgan fingerprint density at radius 3 is 2.55 bits per heavy atom. The van der Waals surface area contributed by atoms with Gasteiger partial charge >= 0.3 is 0 Å². The fourth-order valence-corrected chi connectivity index (χ4v) is 2.17. The van der Waals surface area contributed by atoms with E-state index < -0.39 is 0 Å². The summed E-state index contributed by atoms with van der Waals surface area (Å²) in [5.41, 5.74) is 2.02. The molecular formula is C17H20N4O. The van der Waals surface area contributed by atoms with Gasteiger partial charge in [0.1, 0.15) is 11.6 Å². The SMILES string of the molecule is CC(C)c1cnc(-c2ccc(NCc3nccn3C)cc2)o1. The molecule has 114 valence electrons. The Labute approximate surface area is 130 Å². The first-order valence-electron chi connectivity index (χ1n) is 7.39. The largest absolute Gasteiger partial charge is 0.441 e. The number of hydrogen-bond acceptors (Lipinski definition) is 4. The molecule has 3 rings (SSSR count). The van der Waals surface area contributed by atoms with Crippen molar-refractivity contribution in [2.24, 2.45) is 7.05 Å². The molecule has 2 aromatic heterocycles. The minimum atomic E-state index is 0.347. The molecule has 0 radical (unpaired) electrons. The Bertz CT molecular complexity index is 740. The van der Waals surface area contributed by atoms with Crippen LogP contribution in [0.2, 0.25) is 0 Å². The highest BCUT2D eigenvalue weighted by atomic mass is 16.4. The van der Waals surface area contributed by atoms with E-state index in [0.717, 1.165) is 22.8 Å². The fourth-order valence-electron chi connectivity index (χ4n) is 2.17. The minimum absolute atomic E-state index is 0.347. The Hall–Kier alpha value is -2.56. The van der Waals surface area contributed by atoms with Crippen LogP contribution >= 0.6 is 0 Å². The molecule has 0 spiro atoms. The van der Waals surface area contributed by atoms with Gasteiger partial charge in [0.15, 0.2) is 0 Å². The van der Waals surface area contributed by atoms with Crippen LogP contribution in [0.5, 0.6) is 0 Å². The molecule has 0 fully saturated rings. The predicted octanol–water partition coefficient (Wildman–Crippen LogP) is 3.81. The van der Waals surface area contributed by atoms with Crippen LogP contribution in [0.4, 0.5) is 5.69 Å². The van der Waals surface area contributed by atoms with Crippen LogP contribution in [0.3, 0.4) is 0 Å². The summed E-state index contributed by atoms with van der Waals surface area (Å²) in [7, 11) is 1.99. The van der Waals surface area contributed by atoms with E-state index >= 15 is 0 Å². The first kappa shape index (κ1) is 14.4. The molecule has 22 heavy (non-hydrogen) atoms. The van der Waals surface area contributed by atoms with E-state index in [9.17, 15) is 0 Å². The monoisotopic (exact) mass is 296 g/mol. The summed E-state index contributed by atoms with van der Waals surface area (Å²) < 4.78 is 7.76. The molecule has 2 heterocycles. The smallest absolute Gasteiger partial charge is 0.226 e. The summed E-state index contributed by atoms with van der Waals surface area (Å²) in [6.45, 7) is 4.88. The molecule has 0 saturated heterocycles. The van der Waals surface area contributed by atoms with Gasteiger partial charge in [-0.05, 0) is 24.3 Å². The summed E-state index contributed by atoms with van der Waals surface area (Å²) in [4.78, 5) is 8.63. The summed E-state index contributed by atoms with van der Waals surface area (Å²) in [6, 6.07) is 8.07. The van der Waals surface area contributed by atoms with Crippen LogP contribution in [0, 0.1) is 0 Å². The second-order valence-corrected chi connectivity index (χ2v) is 5.61. The van der Waals surface area contributed by atoms with Crippen LogP contribution in [-0.2, 0) is 13.6 Å². The van der Waals surface area contributed by atoms with Gasteiger partial charge in [-0.15, -0.1) is 0 Å². The number of anilines is 1. The van der Waals surface area contributed by atoms with Crippen molar-refractivity contribution in [1.29, 1.82) is 0 Å². The van der Waals surface area contributed by atoms with Gasteiger partial charge in [0.25, 0.3) is 0 Å². The van der Waals surface area contributed by atoms with E-state index in [-0.39, 0.29) is 0 Å². The van der Waals surface area contributed by atoms with Crippen molar-refractivity contribution >= 4 is 5.69 Å². The highest BCUT2D eigenvalue weighted by Gasteiger charge is 2.09. The summed E-state index contributed by atoms with van der Waals surface area (Å²) in [5.74, 6) is 2.92. The topological polar surface area (TPSA) is 55.9 Å². The zero-order valence-electron chi connectivity index (χ0n) is 13.1. The molecule has 0 unspecified atom stereocenters. The van der Waals surface area contributed by atoms with Gasteiger partial charge in [0, 0.05) is 36.6 Å². The molecule has 5 nitrogen and oxygen atoms in total. The van der Waals surface area contributed by atoms with Crippen LogP contribution in [0.15, 0.2) is 47.3 Å². The maximum absolute atomic E-state index is 5.76. The zero-order valence-corrected chi connectivity index (χ0v) is 13.1. The lowest BCUT2D eigenvalue weighted by Crippen LogP contribution is -2.05. The molecule has 0 aliphatic rings. The van der Waals surface area contributed by atoms with Gasteiger partial charge in [-0.2, -0.15) is 0 Å². The maximum Gasteiger partial charge on any atom is 0.226 e. The fraction of sp³-hybridized carbons (Fsp3) is 0.294. The first-order valence-corrected chi connectivity index (χ1v) is 7.39. The molecule has 0 amide bonds. The highest BCUT2D eigenvalue weighted by Crippen LogP contribution is 2.24. The Balaban J connectivity index is 1.68. The lowest BCUT2D eigenvalue weighted by atomic mass is 10.2. The molecule has 1 aromatic carbocycles. The molecule has 1 N–H and O–H groups in total. The first-order chi connectivity index (χ1) is 10.6. The number of aryl methyl sites for hydroxylation is 1. The van der Waals surface area contributed by atoms with E-state index in [4.69, 9.17) is 4.42 Å². The summed E-state index contributed by atoms with van der Waals surface area (Å²) in [5, 5.41) is 3.36. The molecule has 0 aliphatic carbocycles. The quantitative estimate of drug-likeness (QED) is 0.778. The third-order valence-electron chi connectivity index (χ3n) is 3.60. The lowest BCUT2D eigenvalue weighted by Gasteiger charge is -2.07. The minimum Gasteiger partial charge on any atom is -0.441 e. The number of nitrogens with one attached hydrogen (secondary N) is 1. The van der Waals surface area contributed by atoms with E-state index in [2.05, 4.69) is 29.1 Å². The van der Waals surface area contributed by atoms with Crippen molar-refractivity contribution in [2.45, 2.75) is 26.3 Å².